The number of nitrogens with one attached hydrogen (secondary N) is 2. The SMILES string of the molecule is CCNC(=NCC1(CCO)CCOC1)NCCc1cccc(C(=O)N(C)C)c1.I. The molecule has 164 valence electrons. The highest BCUT2D eigenvalue weighted by molar-refractivity contribution is 14.0. The normalized spacial score (nSPS) is 18.8. The Morgan fingerprint density at radius 3 is 2.76 bits per heavy atom. The molecule has 29 heavy (non-hydrogen) atoms. The topological polar surface area (TPSA) is 86.2 Å². The van der Waals surface area contributed by atoms with Gasteiger partial charge < -0.3 is 25.4 Å². The van der Waals surface area contributed by atoms with Gasteiger partial charge in [-0.25, -0.2) is 0 Å². The average Bonchev–Trinajstić information content (AvgIpc) is 3.15. The lowest BCUT2D eigenvalue weighted by molar-refractivity contribution is 0.0827. The van der Waals surface area contributed by atoms with E-state index in [4.69, 9.17) is 9.73 Å². The lowest BCUT2D eigenvalue weighted by Gasteiger charge is -2.24. The summed E-state index contributed by atoms with van der Waals surface area (Å²) in [6.45, 7) is 5.72. The summed E-state index contributed by atoms with van der Waals surface area (Å²) >= 11 is 0. The second-order valence-electron chi connectivity index (χ2n) is 7.55. The van der Waals surface area contributed by atoms with Gasteiger partial charge >= 0.3 is 0 Å². The molecule has 1 aliphatic heterocycles. The van der Waals surface area contributed by atoms with Crippen LogP contribution in [0, 0.1) is 5.41 Å². The Balaban J connectivity index is 0.00000420. The first kappa shape index (κ1) is 25.6. The summed E-state index contributed by atoms with van der Waals surface area (Å²) in [5.74, 6) is 0.782. The Hall–Kier alpha value is -1.39. The molecule has 0 spiro atoms. The van der Waals surface area contributed by atoms with Crippen LogP contribution >= 0.6 is 24.0 Å². The zero-order valence-electron chi connectivity index (χ0n) is 17.7. The molecule has 1 aromatic carbocycles. The number of carbonyl (C=O) groups is 1. The van der Waals surface area contributed by atoms with Crippen LogP contribution in [0.4, 0.5) is 0 Å². The van der Waals surface area contributed by atoms with Crippen LogP contribution in [0.25, 0.3) is 0 Å². The van der Waals surface area contributed by atoms with Gasteiger partial charge in [0.15, 0.2) is 5.96 Å². The van der Waals surface area contributed by atoms with Gasteiger partial charge in [0.25, 0.3) is 5.91 Å². The van der Waals surface area contributed by atoms with E-state index in [0.29, 0.717) is 25.1 Å². The van der Waals surface area contributed by atoms with Gasteiger partial charge in [-0.2, -0.15) is 0 Å². The van der Waals surface area contributed by atoms with Crippen LogP contribution in [-0.4, -0.2) is 75.4 Å². The van der Waals surface area contributed by atoms with Crippen molar-refractivity contribution in [3.05, 3.63) is 35.4 Å². The number of ether oxygens (including phenoxy) is 1. The number of guanidine groups is 1. The molecule has 3 N–H and O–H groups in total. The summed E-state index contributed by atoms with van der Waals surface area (Å²) in [6, 6.07) is 7.74. The molecule has 7 nitrogen and oxygen atoms in total. The predicted octanol–water partition coefficient (Wildman–Crippen LogP) is 1.89. The minimum atomic E-state index is -0.0576. The smallest absolute Gasteiger partial charge is 0.253 e. The van der Waals surface area contributed by atoms with Gasteiger partial charge in [0.05, 0.1) is 13.2 Å². The second kappa shape index (κ2) is 13.0. The number of hydrogen-bond acceptors (Lipinski definition) is 4. The molecular weight excluding hydrogens is 483 g/mol. The van der Waals surface area contributed by atoms with Crippen LogP contribution in [-0.2, 0) is 11.2 Å². The molecule has 1 fully saturated rings. The number of hydrogen-bond donors (Lipinski definition) is 3. The van der Waals surface area contributed by atoms with Crippen molar-refractivity contribution >= 4 is 35.8 Å². The van der Waals surface area contributed by atoms with Crippen molar-refractivity contribution in [1.82, 2.24) is 15.5 Å². The predicted molar refractivity (Wildman–Crippen MR) is 127 cm³/mol. The van der Waals surface area contributed by atoms with Crippen LogP contribution in [0.5, 0.6) is 0 Å². The Labute approximate surface area is 191 Å². The van der Waals surface area contributed by atoms with Gasteiger partial charge in [0.1, 0.15) is 0 Å². The molecule has 8 heteroatoms. The summed E-state index contributed by atoms with van der Waals surface area (Å²) in [5, 5.41) is 16.0. The minimum absolute atomic E-state index is 0. The first-order chi connectivity index (χ1) is 13.5. The third kappa shape index (κ3) is 8.10. The minimum Gasteiger partial charge on any atom is -0.396 e. The number of rotatable bonds is 9. The zero-order chi connectivity index (χ0) is 20.4. The standard InChI is InChI=1S/C21H34N4O3.HI/c1-4-22-20(24-15-21(9-12-26)10-13-28-16-21)23-11-8-17-6-5-7-18(14-17)19(27)25(2)3;/h5-7,14,26H,4,8-13,15-16H2,1-3H3,(H2,22,23,24);1H. The molecule has 1 unspecified atom stereocenters. The van der Waals surface area contributed by atoms with E-state index in [2.05, 4.69) is 10.6 Å². The molecule has 0 saturated carbocycles. The van der Waals surface area contributed by atoms with Crippen molar-refractivity contribution in [3.8, 4) is 0 Å². The fraction of sp³-hybridized carbons (Fsp3) is 0.619. The molecule has 1 aliphatic rings. The molecule has 0 aromatic heterocycles. The third-order valence-electron chi connectivity index (χ3n) is 5.03. The third-order valence-corrected chi connectivity index (χ3v) is 5.03. The number of carbonyl (C=O) groups excluding carboxylic acids is 1. The molecule has 1 aromatic rings. The van der Waals surface area contributed by atoms with E-state index in [-0.39, 0.29) is 41.9 Å². The maximum absolute atomic E-state index is 12.1. The molecular formula is C21H35IN4O3. The second-order valence-corrected chi connectivity index (χ2v) is 7.55. The maximum Gasteiger partial charge on any atom is 0.253 e. The number of amides is 1. The highest BCUT2D eigenvalue weighted by Gasteiger charge is 2.34. The van der Waals surface area contributed by atoms with Gasteiger partial charge in [-0.05, 0) is 43.9 Å². The lowest BCUT2D eigenvalue weighted by atomic mass is 9.84. The molecule has 1 amide bonds. The first-order valence-electron chi connectivity index (χ1n) is 10.0. The Morgan fingerprint density at radius 1 is 1.34 bits per heavy atom. The van der Waals surface area contributed by atoms with E-state index >= 15 is 0 Å². The summed E-state index contributed by atoms with van der Waals surface area (Å²) in [5.41, 5.74) is 1.75. The monoisotopic (exact) mass is 518 g/mol. The Kier molecular flexibility index (Phi) is 11.5. The van der Waals surface area contributed by atoms with Crippen LogP contribution in [0.2, 0.25) is 0 Å². The number of aliphatic imine (C=N–C) groups is 1. The van der Waals surface area contributed by atoms with E-state index in [9.17, 15) is 9.90 Å². The van der Waals surface area contributed by atoms with Gasteiger partial charge in [0, 0.05) is 51.4 Å². The number of nitrogens with zero attached hydrogens (tertiary/aromatic N) is 2. The number of benzene rings is 1. The van der Waals surface area contributed by atoms with Gasteiger partial charge in [-0.3, -0.25) is 9.79 Å². The van der Waals surface area contributed by atoms with E-state index in [0.717, 1.165) is 44.1 Å². The van der Waals surface area contributed by atoms with E-state index in [1.165, 1.54) is 0 Å². The summed E-state index contributed by atoms with van der Waals surface area (Å²) in [4.78, 5) is 18.4. The van der Waals surface area contributed by atoms with Crippen molar-refractivity contribution in [1.29, 1.82) is 0 Å². The van der Waals surface area contributed by atoms with E-state index < -0.39 is 0 Å². The van der Waals surface area contributed by atoms with Gasteiger partial charge in [0.2, 0.25) is 0 Å². The van der Waals surface area contributed by atoms with Gasteiger partial charge in [-0.15, -0.1) is 24.0 Å². The van der Waals surface area contributed by atoms with Crippen LogP contribution in [0.15, 0.2) is 29.3 Å². The molecule has 1 saturated heterocycles. The largest absolute Gasteiger partial charge is 0.396 e. The maximum atomic E-state index is 12.1. The fourth-order valence-corrected chi connectivity index (χ4v) is 3.32. The van der Waals surface area contributed by atoms with Crippen molar-refractivity contribution in [2.75, 3.05) is 53.6 Å². The van der Waals surface area contributed by atoms with Gasteiger partial charge in [-0.1, -0.05) is 12.1 Å². The highest BCUT2D eigenvalue weighted by atomic mass is 127. The van der Waals surface area contributed by atoms with E-state index in [1.54, 1.807) is 19.0 Å². The van der Waals surface area contributed by atoms with Crippen molar-refractivity contribution in [3.63, 3.8) is 0 Å². The molecule has 0 bridgehead atoms. The highest BCUT2D eigenvalue weighted by Crippen LogP contribution is 2.32. The molecule has 0 aliphatic carbocycles. The molecule has 0 radical (unpaired) electrons. The van der Waals surface area contributed by atoms with Crippen LogP contribution in [0.1, 0.15) is 35.7 Å². The van der Waals surface area contributed by atoms with Crippen molar-refractivity contribution in [2.24, 2.45) is 10.4 Å². The lowest BCUT2D eigenvalue weighted by Crippen LogP contribution is -2.39. The molecule has 1 heterocycles. The first-order valence-corrected chi connectivity index (χ1v) is 10.0. The van der Waals surface area contributed by atoms with E-state index in [1.807, 2.05) is 31.2 Å². The van der Waals surface area contributed by atoms with Crippen LogP contribution < -0.4 is 10.6 Å². The van der Waals surface area contributed by atoms with Crippen molar-refractivity contribution < 1.29 is 14.6 Å². The molecule has 1 atom stereocenters. The number of aliphatic hydroxyl groups excluding tert-OH is 1. The number of aliphatic hydroxyl groups is 1. The Bertz CT molecular complexity index is 661. The summed E-state index contributed by atoms with van der Waals surface area (Å²) in [7, 11) is 3.52. The zero-order valence-corrected chi connectivity index (χ0v) is 20.1. The fourth-order valence-electron chi connectivity index (χ4n) is 3.32. The average molecular weight is 518 g/mol. The summed E-state index contributed by atoms with van der Waals surface area (Å²) < 4.78 is 5.54. The van der Waals surface area contributed by atoms with Crippen molar-refractivity contribution in [2.45, 2.75) is 26.2 Å². The van der Waals surface area contributed by atoms with Crippen LogP contribution in [0.3, 0.4) is 0 Å². The Morgan fingerprint density at radius 2 is 2.14 bits per heavy atom. The quantitative estimate of drug-likeness (QED) is 0.264. The summed E-state index contributed by atoms with van der Waals surface area (Å²) in [6.07, 6.45) is 2.44. The number of halogens is 1. The molecule has 2 rings (SSSR count).